The van der Waals surface area contributed by atoms with Gasteiger partial charge in [0.1, 0.15) is 17.2 Å². The van der Waals surface area contributed by atoms with E-state index in [2.05, 4.69) is 4.98 Å². The summed E-state index contributed by atoms with van der Waals surface area (Å²) in [5.41, 5.74) is 3.98. The summed E-state index contributed by atoms with van der Waals surface area (Å²) in [7, 11) is 4.62. The van der Waals surface area contributed by atoms with E-state index in [1.165, 1.54) is 7.11 Å². The number of carbonyl (C=O) groups excluding carboxylic acids is 1. The van der Waals surface area contributed by atoms with E-state index in [1.54, 1.807) is 14.2 Å². The summed E-state index contributed by atoms with van der Waals surface area (Å²) in [4.78, 5) is 15.2. The number of aromatic nitrogens is 1. The second-order valence-electron chi connectivity index (χ2n) is 5.40. The molecule has 5 heteroatoms. The van der Waals surface area contributed by atoms with E-state index < -0.39 is 5.97 Å². The lowest BCUT2D eigenvalue weighted by molar-refractivity contribution is 0.0596. The number of methoxy groups -OCH3 is 3. The van der Waals surface area contributed by atoms with Gasteiger partial charge in [-0.1, -0.05) is 24.3 Å². The molecule has 0 amide bonds. The van der Waals surface area contributed by atoms with Crippen molar-refractivity contribution in [1.29, 1.82) is 0 Å². The molecular weight excluding hydrogens is 318 g/mol. The average Bonchev–Trinajstić information content (AvgIpc) is 3.12. The highest BCUT2D eigenvalue weighted by Gasteiger charge is 2.20. The minimum absolute atomic E-state index is 0.412. The van der Waals surface area contributed by atoms with Crippen molar-refractivity contribution >= 4 is 5.97 Å². The largest absolute Gasteiger partial charge is 0.497 e. The van der Waals surface area contributed by atoms with Gasteiger partial charge in [-0.2, -0.15) is 0 Å². The minimum atomic E-state index is -0.412. The zero-order chi connectivity index (χ0) is 17.8. The summed E-state index contributed by atoms with van der Waals surface area (Å²) >= 11 is 0. The lowest BCUT2D eigenvalue weighted by atomic mass is 9.96. The van der Waals surface area contributed by atoms with Crippen LogP contribution in [0.3, 0.4) is 0 Å². The second-order valence-corrected chi connectivity index (χ2v) is 5.40. The van der Waals surface area contributed by atoms with Gasteiger partial charge >= 0.3 is 5.97 Å². The number of ether oxygens (including phenoxy) is 3. The summed E-state index contributed by atoms with van der Waals surface area (Å²) in [6, 6.07) is 15.2. The predicted octanol–water partition coefficient (Wildman–Crippen LogP) is 4.15. The Kier molecular flexibility index (Phi) is 4.75. The zero-order valence-electron chi connectivity index (χ0n) is 14.3. The van der Waals surface area contributed by atoms with Crippen molar-refractivity contribution in [3.63, 3.8) is 0 Å². The quantitative estimate of drug-likeness (QED) is 0.711. The van der Waals surface area contributed by atoms with Crippen LogP contribution in [0.25, 0.3) is 22.3 Å². The molecule has 3 rings (SSSR count). The van der Waals surface area contributed by atoms with Crippen molar-refractivity contribution in [2.24, 2.45) is 0 Å². The van der Waals surface area contributed by atoms with E-state index in [-0.39, 0.29) is 0 Å². The Balaban J connectivity index is 2.14. The van der Waals surface area contributed by atoms with Crippen LogP contribution in [0.5, 0.6) is 11.5 Å². The van der Waals surface area contributed by atoms with E-state index in [0.717, 1.165) is 33.8 Å². The van der Waals surface area contributed by atoms with Crippen molar-refractivity contribution in [3.8, 4) is 33.8 Å². The van der Waals surface area contributed by atoms with Crippen molar-refractivity contribution in [2.75, 3.05) is 21.3 Å². The van der Waals surface area contributed by atoms with Crippen LogP contribution in [-0.4, -0.2) is 32.3 Å². The fourth-order valence-corrected chi connectivity index (χ4v) is 2.74. The highest BCUT2D eigenvalue weighted by Crippen LogP contribution is 2.36. The topological polar surface area (TPSA) is 60.6 Å². The molecule has 3 aromatic rings. The third kappa shape index (κ3) is 3.21. The number of aromatic amines is 1. The van der Waals surface area contributed by atoms with Gasteiger partial charge in [0, 0.05) is 17.3 Å². The summed E-state index contributed by atoms with van der Waals surface area (Å²) in [6.07, 6.45) is 1.81. The molecule has 1 N–H and O–H groups in total. The molecule has 0 aliphatic carbocycles. The number of esters is 1. The first-order valence-corrected chi connectivity index (χ1v) is 7.76. The highest BCUT2D eigenvalue weighted by molar-refractivity contribution is 6.01. The van der Waals surface area contributed by atoms with Gasteiger partial charge in [-0.25, -0.2) is 4.79 Å². The van der Waals surface area contributed by atoms with Crippen molar-refractivity contribution in [3.05, 3.63) is 60.4 Å². The Bertz CT molecular complexity index is 864. The molecule has 128 valence electrons. The Morgan fingerprint density at radius 1 is 0.800 bits per heavy atom. The van der Waals surface area contributed by atoms with E-state index in [1.807, 2.05) is 54.7 Å². The highest BCUT2D eigenvalue weighted by atomic mass is 16.5. The van der Waals surface area contributed by atoms with Gasteiger partial charge < -0.3 is 19.2 Å². The molecule has 1 aromatic heterocycles. The number of rotatable bonds is 5. The monoisotopic (exact) mass is 337 g/mol. The number of carbonyl (C=O) groups is 1. The molecule has 0 saturated carbocycles. The molecule has 1 heterocycles. The lowest BCUT2D eigenvalue weighted by Crippen LogP contribution is -2.03. The smallest absolute Gasteiger partial charge is 0.355 e. The maximum atomic E-state index is 12.2. The third-order valence-electron chi connectivity index (χ3n) is 4.05. The summed E-state index contributed by atoms with van der Waals surface area (Å²) in [6.45, 7) is 0. The molecule has 0 bridgehead atoms. The average molecular weight is 337 g/mol. The second kappa shape index (κ2) is 7.13. The molecule has 25 heavy (non-hydrogen) atoms. The van der Waals surface area contributed by atoms with Crippen LogP contribution in [0.1, 0.15) is 10.5 Å². The number of nitrogens with one attached hydrogen (secondary N) is 1. The first-order valence-electron chi connectivity index (χ1n) is 7.76. The standard InChI is InChI=1S/C20H19NO4/c1-23-15-8-4-13(5-9-15)17-12-21-19(20(22)25-3)18(17)14-6-10-16(24-2)11-7-14/h4-12,21H,1-3H3. The summed E-state index contributed by atoms with van der Waals surface area (Å²) in [5.74, 6) is 1.12. The van der Waals surface area contributed by atoms with E-state index >= 15 is 0 Å². The Morgan fingerprint density at radius 3 is 1.80 bits per heavy atom. The SMILES string of the molecule is COC(=O)c1[nH]cc(-c2ccc(OC)cc2)c1-c1ccc(OC)cc1. The van der Waals surface area contributed by atoms with Crippen LogP contribution in [-0.2, 0) is 4.74 Å². The normalized spacial score (nSPS) is 10.4. The van der Waals surface area contributed by atoms with Crippen LogP contribution in [0.15, 0.2) is 54.7 Å². The maximum absolute atomic E-state index is 12.2. The molecule has 5 nitrogen and oxygen atoms in total. The molecule has 0 unspecified atom stereocenters. The summed E-state index contributed by atoms with van der Waals surface area (Å²) in [5, 5.41) is 0. The number of H-pyrrole nitrogens is 1. The Hall–Kier alpha value is -3.21. The third-order valence-corrected chi connectivity index (χ3v) is 4.05. The summed E-state index contributed by atoms with van der Waals surface area (Å²) < 4.78 is 15.3. The number of hydrogen-bond donors (Lipinski definition) is 1. The lowest BCUT2D eigenvalue weighted by Gasteiger charge is -2.09. The van der Waals surface area contributed by atoms with Gasteiger partial charge in [0.05, 0.1) is 21.3 Å². The maximum Gasteiger partial charge on any atom is 0.355 e. The molecule has 0 aliphatic heterocycles. The van der Waals surface area contributed by atoms with Crippen LogP contribution in [0.2, 0.25) is 0 Å². The Morgan fingerprint density at radius 2 is 1.32 bits per heavy atom. The van der Waals surface area contributed by atoms with Gasteiger partial charge in [-0.3, -0.25) is 0 Å². The van der Waals surface area contributed by atoms with E-state index in [4.69, 9.17) is 14.2 Å². The van der Waals surface area contributed by atoms with Crippen LogP contribution >= 0.6 is 0 Å². The van der Waals surface area contributed by atoms with Crippen molar-refractivity contribution in [1.82, 2.24) is 4.98 Å². The molecule has 0 aliphatic rings. The van der Waals surface area contributed by atoms with Gasteiger partial charge in [0.2, 0.25) is 0 Å². The molecule has 0 spiro atoms. The fraction of sp³-hybridized carbons (Fsp3) is 0.150. The molecule has 0 fully saturated rings. The zero-order valence-corrected chi connectivity index (χ0v) is 14.3. The molecular formula is C20H19NO4. The minimum Gasteiger partial charge on any atom is -0.497 e. The predicted molar refractivity (Wildman–Crippen MR) is 96.1 cm³/mol. The first-order chi connectivity index (χ1) is 12.2. The van der Waals surface area contributed by atoms with Crippen LogP contribution < -0.4 is 9.47 Å². The molecule has 0 atom stereocenters. The van der Waals surface area contributed by atoms with Gasteiger partial charge in [0.15, 0.2) is 0 Å². The van der Waals surface area contributed by atoms with E-state index in [0.29, 0.717) is 5.69 Å². The van der Waals surface area contributed by atoms with Crippen molar-refractivity contribution in [2.45, 2.75) is 0 Å². The molecule has 0 radical (unpaired) electrons. The van der Waals surface area contributed by atoms with E-state index in [9.17, 15) is 4.79 Å². The van der Waals surface area contributed by atoms with Gasteiger partial charge in [-0.15, -0.1) is 0 Å². The van der Waals surface area contributed by atoms with Gasteiger partial charge in [0.25, 0.3) is 0 Å². The fourth-order valence-electron chi connectivity index (χ4n) is 2.74. The number of benzene rings is 2. The number of hydrogen-bond acceptors (Lipinski definition) is 4. The van der Waals surface area contributed by atoms with Gasteiger partial charge in [-0.05, 0) is 35.4 Å². The van der Waals surface area contributed by atoms with Crippen molar-refractivity contribution < 1.29 is 19.0 Å². The van der Waals surface area contributed by atoms with Crippen LogP contribution in [0.4, 0.5) is 0 Å². The first kappa shape index (κ1) is 16.6. The molecule has 2 aromatic carbocycles. The Labute approximate surface area is 146 Å². The van der Waals surface area contributed by atoms with Crippen LogP contribution in [0, 0.1) is 0 Å². The molecule has 0 saturated heterocycles.